The maximum Gasteiger partial charge on any atom is 0.123 e. The van der Waals surface area contributed by atoms with E-state index in [1.165, 1.54) is 22.9 Å². The third kappa shape index (κ3) is 2.62. The van der Waals surface area contributed by atoms with Crippen LogP contribution in [0.15, 0.2) is 66.7 Å². The van der Waals surface area contributed by atoms with E-state index in [9.17, 15) is 4.39 Å². The van der Waals surface area contributed by atoms with Crippen LogP contribution in [-0.2, 0) is 0 Å². The molecule has 0 saturated carbocycles. The summed E-state index contributed by atoms with van der Waals surface area (Å²) in [6, 6.07) is 21.6. The highest BCUT2D eigenvalue weighted by Crippen LogP contribution is 2.33. The molecule has 3 aromatic rings. The fourth-order valence-corrected chi connectivity index (χ4v) is 2.74. The first-order chi connectivity index (χ1) is 10.2. The molecule has 106 valence electrons. The largest absolute Gasteiger partial charge is 0.338 e. The Morgan fingerprint density at radius 3 is 2.19 bits per heavy atom. The normalized spacial score (nSPS) is 11.0. The Morgan fingerprint density at radius 2 is 1.48 bits per heavy atom. The number of hydrogen-bond donors (Lipinski definition) is 0. The van der Waals surface area contributed by atoms with Crippen LogP contribution in [0, 0.1) is 5.82 Å². The number of benzene rings is 3. The monoisotopic (exact) mass is 279 g/mol. The molecule has 1 nitrogen and oxygen atoms in total. The molecule has 0 aliphatic heterocycles. The Balaban J connectivity index is 2.18. The highest BCUT2D eigenvalue weighted by Gasteiger charge is 2.15. The van der Waals surface area contributed by atoms with Crippen LogP contribution in [0.3, 0.4) is 0 Å². The average Bonchev–Trinajstić information content (AvgIpc) is 2.49. The van der Waals surface area contributed by atoms with Gasteiger partial charge in [-0.3, -0.25) is 0 Å². The predicted molar refractivity (Wildman–Crippen MR) is 87.6 cm³/mol. The van der Waals surface area contributed by atoms with Crippen molar-refractivity contribution >= 4 is 22.1 Å². The lowest BCUT2D eigenvalue weighted by molar-refractivity contribution is 0.627. The smallest absolute Gasteiger partial charge is 0.123 e. The van der Waals surface area contributed by atoms with Gasteiger partial charge in [0, 0.05) is 22.8 Å². The van der Waals surface area contributed by atoms with E-state index in [-0.39, 0.29) is 11.9 Å². The Labute approximate surface area is 124 Å². The summed E-state index contributed by atoms with van der Waals surface area (Å²) >= 11 is 0. The second-order valence-electron chi connectivity index (χ2n) is 5.44. The zero-order valence-electron chi connectivity index (χ0n) is 12.3. The van der Waals surface area contributed by atoms with E-state index in [1.807, 2.05) is 18.2 Å². The average molecular weight is 279 g/mol. The molecule has 0 saturated heterocycles. The van der Waals surface area contributed by atoms with Gasteiger partial charge in [-0.05, 0) is 49.6 Å². The zero-order chi connectivity index (χ0) is 14.8. The fraction of sp³-hybridized carbons (Fsp3) is 0.158. The molecule has 21 heavy (non-hydrogen) atoms. The van der Waals surface area contributed by atoms with Gasteiger partial charge in [0.25, 0.3) is 0 Å². The Kier molecular flexibility index (Phi) is 3.61. The van der Waals surface area contributed by atoms with Gasteiger partial charge in [-0.2, -0.15) is 0 Å². The van der Waals surface area contributed by atoms with Gasteiger partial charge in [0.1, 0.15) is 5.82 Å². The summed E-state index contributed by atoms with van der Waals surface area (Å²) in [5.41, 5.74) is 2.15. The first-order valence-corrected chi connectivity index (χ1v) is 7.19. The minimum Gasteiger partial charge on any atom is -0.338 e. The molecule has 3 aromatic carbocycles. The van der Waals surface area contributed by atoms with E-state index in [0.717, 1.165) is 11.4 Å². The van der Waals surface area contributed by atoms with Crippen LogP contribution in [0.2, 0.25) is 0 Å². The van der Waals surface area contributed by atoms with Crippen molar-refractivity contribution in [2.45, 2.75) is 19.9 Å². The second-order valence-corrected chi connectivity index (χ2v) is 5.44. The molecule has 0 atom stereocenters. The number of halogens is 1. The third-order valence-electron chi connectivity index (χ3n) is 3.65. The fourth-order valence-electron chi connectivity index (χ4n) is 2.74. The van der Waals surface area contributed by atoms with Crippen molar-refractivity contribution in [3.8, 4) is 0 Å². The number of nitrogens with zero attached hydrogens (tertiary/aromatic N) is 1. The molecule has 0 aromatic heterocycles. The molecule has 0 aliphatic carbocycles. The van der Waals surface area contributed by atoms with Gasteiger partial charge >= 0.3 is 0 Å². The number of rotatable bonds is 3. The minimum atomic E-state index is -0.208. The molecule has 2 heteroatoms. The van der Waals surface area contributed by atoms with Crippen molar-refractivity contribution in [1.82, 2.24) is 0 Å². The van der Waals surface area contributed by atoms with Gasteiger partial charge in [0.15, 0.2) is 0 Å². The van der Waals surface area contributed by atoms with Crippen molar-refractivity contribution in [1.29, 1.82) is 0 Å². The highest BCUT2D eigenvalue weighted by molar-refractivity contribution is 5.96. The van der Waals surface area contributed by atoms with Crippen LogP contribution in [0.5, 0.6) is 0 Å². The molecule has 0 bridgehead atoms. The van der Waals surface area contributed by atoms with Gasteiger partial charge in [-0.25, -0.2) is 4.39 Å². The third-order valence-corrected chi connectivity index (χ3v) is 3.65. The lowest BCUT2D eigenvalue weighted by Crippen LogP contribution is -2.25. The molecular formula is C19H18FN. The zero-order valence-corrected chi connectivity index (χ0v) is 12.3. The number of fused-ring (bicyclic) bond motifs is 1. The van der Waals surface area contributed by atoms with E-state index in [2.05, 4.69) is 55.1 Å². The molecular weight excluding hydrogens is 261 g/mol. The van der Waals surface area contributed by atoms with Crippen molar-refractivity contribution in [3.05, 3.63) is 72.5 Å². The van der Waals surface area contributed by atoms with Crippen LogP contribution in [-0.4, -0.2) is 6.04 Å². The summed E-state index contributed by atoms with van der Waals surface area (Å²) in [6.45, 7) is 4.29. The summed E-state index contributed by atoms with van der Waals surface area (Å²) in [7, 11) is 0. The van der Waals surface area contributed by atoms with Crippen molar-refractivity contribution in [2.75, 3.05) is 4.90 Å². The van der Waals surface area contributed by atoms with Crippen LogP contribution in [0.4, 0.5) is 15.8 Å². The van der Waals surface area contributed by atoms with Crippen LogP contribution >= 0.6 is 0 Å². The van der Waals surface area contributed by atoms with E-state index >= 15 is 0 Å². The van der Waals surface area contributed by atoms with E-state index < -0.39 is 0 Å². The molecule has 0 spiro atoms. The molecule has 3 rings (SSSR count). The molecule has 0 unspecified atom stereocenters. The van der Waals surface area contributed by atoms with E-state index in [1.54, 1.807) is 0 Å². The molecule has 0 fully saturated rings. The van der Waals surface area contributed by atoms with Gasteiger partial charge in [0.2, 0.25) is 0 Å². The van der Waals surface area contributed by atoms with E-state index in [0.29, 0.717) is 0 Å². The lowest BCUT2D eigenvalue weighted by Gasteiger charge is -2.30. The van der Waals surface area contributed by atoms with Crippen molar-refractivity contribution < 1.29 is 4.39 Å². The molecule has 0 N–H and O–H groups in total. The van der Waals surface area contributed by atoms with E-state index in [4.69, 9.17) is 0 Å². The lowest BCUT2D eigenvalue weighted by atomic mass is 10.1. The standard InChI is InChI=1S/C19H18FN/c1-14(2)21(17-12-10-16(20)11-13-17)19-9-5-7-15-6-3-4-8-18(15)19/h3-14H,1-2H3. The predicted octanol–water partition coefficient (Wildman–Crippen LogP) is 5.53. The first-order valence-electron chi connectivity index (χ1n) is 7.19. The molecule has 0 amide bonds. The number of hydrogen-bond acceptors (Lipinski definition) is 1. The summed E-state index contributed by atoms with van der Waals surface area (Å²) in [5, 5.41) is 2.42. The molecule has 0 radical (unpaired) electrons. The summed E-state index contributed by atoms with van der Waals surface area (Å²) in [6.07, 6.45) is 0. The van der Waals surface area contributed by atoms with Gasteiger partial charge in [-0.15, -0.1) is 0 Å². The van der Waals surface area contributed by atoms with Crippen molar-refractivity contribution in [3.63, 3.8) is 0 Å². The van der Waals surface area contributed by atoms with Gasteiger partial charge in [-0.1, -0.05) is 36.4 Å². The Bertz CT molecular complexity index is 742. The van der Waals surface area contributed by atoms with Gasteiger partial charge < -0.3 is 4.90 Å². The maximum atomic E-state index is 13.2. The Morgan fingerprint density at radius 1 is 0.810 bits per heavy atom. The van der Waals surface area contributed by atoms with Crippen LogP contribution in [0.25, 0.3) is 10.8 Å². The van der Waals surface area contributed by atoms with Crippen molar-refractivity contribution in [2.24, 2.45) is 0 Å². The number of anilines is 2. The topological polar surface area (TPSA) is 3.24 Å². The van der Waals surface area contributed by atoms with Crippen LogP contribution < -0.4 is 4.90 Å². The molecule has 0 aliphatic rings. The van der Waals surface area contributed by atoms with Crippen LogP contribution in [0.1, 0.15) is 13.8 Å². The first kappa shape index (κ1) is 13.6. The molecule has 0 heterocycles. The summed E-state index contributed by atoms with van der Waals surface area (Å²) < 4.78 is 13.2. The maximum absolute atomic E-state index is 13.2. The minimum absolute atomic E-state index is 0.208. The SMILES string of the molecule is CC(C)N(c1ccc(F)cc1)c1cccc2ccccc12. The van der Waals surface area contributed by atoms with Gasteiger partial charge in [0.05, 0.1) is 0 Å². The summed E-state index contributed by atoms with van der Waals surface area (Å²) in [4.78, 5) is 2.24. The Hall–Kier alpha value is -2.35. The quantitative estimate of drug-likeness (QED) is 0.609. The highest BCUT2D eigenvalue weighted by atomic mass is 19.1. The summed E-state index contributed by atoms with van der Waals surface area (Å²) in [5.74, 6) is -0.208. The second kappa shape index (κ2) is 5.57.